The molecule has 3 rings (SSSR count). The Morgan fingerprint density at radius 3 is 2.95 bits per heavy atom. The number of nitrogens with zero attached hydrogens (tertiary/aromatic N) is 6. The molecule has 102 valence electrons. The number of nitrogens with two attached hydrogens (primary N) is 1. The lowest BCUT2D eigenvalue weighted by molar-refractivity contribution is 0.430. The minimum Gasteiger partial charge on any atom is -0.332 e. The highest BCUT2D eigenvalue weighted by Crippen LogP contribution is 2.18. The highest BCUT2D eigenvalue weighted by Gasteiger charge is 2.14. The zero-order valence-electron chi connectivity index (χ0n) is 10.3. The Labute approximate surface area is 112 Å². The fourth-order valence-corrected chi connectivity index (χ4v) is 1.58. The van der Waals surface area contributed by atoms with Gasteiger partial charge in [-0.3, -0.25) is 4.68 Å². The van der Waals surface area contributed by atoms with E-state index in [9.17, 15) is 4.39 Å². The number of aromatic nitrogens is 6. The molecule has 0 radical (unpaired) electrons. The molecule has 0 fully saturated rings. The Hall–Kier alpha value is -2.68. The van der Waals surface area contributed by atoms with Crippen molar-refractivity contribution in [2.45, 2.75) is 6.54 Å². The van der Waals surface area contributed by atoms with Crippen LogP contribution < -0.4 is 5.73 Å². The van der Waals surface area contributed by atoms with Gasteiger partial charge in [-0.25, -0.2) is 9.37 Å². The molecule has 8 nitrogen and oxygen atoms in total. The molecular formula is C11H10FN7O. The summed E-state index contributed by atoms with van der Waals surface area (Å²) in [5.41, 5.74) is 6.28. The molecule has 0 aliphatic rings. The van der Waals surface area contributed by atoms with E-state index < -0.39 is 5.82 Å². The minimum absolute atomic E-state index is 0.217. The summed E-state index contributed by atoms with van der Waals surface area (Å²) in [4.78, 5) is 8.02. The van der Waals surface area contributed by atoms with Crippen LogP contribution in [0.15, 0.2) is 29.0 Å². The van der Waals surface area contributed by atoms with Gasteiger partial charge >= 0.3 is 0 Å². The van der Waals surface area contributed by atoms with Gasteiger partial charge in [0.2, 0.25) is 5.82 Å². The standard InChI is InChI=1S/C11H10FN7O/c12-7-1-2-8(14-5-7)10-15-11(20-17-10)9-6-19(4-3-13)18-16-9/h1-2,5-6H,3-4,13H2. The lowest BCUT2D eigenvalue weighted by Crippen LogP contribution is -2.10. The summed E-state index contributed by atoms with van der Waals surface area (Å²) >= 11 is 0. The summed E-state index contributed by atoms with van der Waals surface area (Å²) in [5, 5.41) is 11.6. The average Bonchev–Trinajstić information content (AvgIpc) is 3.08. The molecule has 2 N–H and O–H groups in total. The molecule has 0 aromatic carbocycles. The molecule has 0 atom stereocenters. The maximum Gasteiger partial charge on any atom is 0.280 e. The first-order valence-electron chi connectivity index (χ1n) is 5.82. The van der Waals surface area contributed by atoms with E-state index in [-0.39, 0.29) is 11.7 Å². The largest absolute Gasteiger partial charge is 0.332 e. The fraction of sp³-hybridized carbons (Fsp3) is 0.182. The van der Waals surface area contributed by atoms with Gasteiger partial charge in [-0.2, -0.15) is 4.98 Å². The highest BCUT2D eigenvalue weighted by molar-refractivity contribution is 5.52. The van der Waals surface area contributed by atoms with Crippen molar-refractivity contribution in [1.29, 1.82) is 0 Å². The SMILES string of the molecule is NCCn1cc(-c2nc(-c3ccc(F)cn3)no2)nn1. The summed E-state index contributed by atoms with van der Waals surface area (Å²) < 4.78 is 19.5. The molecule has 0 amide bonds. The number of hydrogen-bond donors (Lipinski definition) is 1. The van der Waals surface area contributed by atoms with Crippen molar-refractivity contribution in [3.8, 4) is 23.1 Å². The van der Waals surface area contributed by atoms with Gasteiger partial charge in [0.05, 0.1) is 18.9 Å². The first-order valence-corrected chi connectivity index (χ1v) is 5.82. The Balaban J connectivity index is 1.87. The van der Waals surface area contributed by atoms with Gasteiger partial charge in [-0.05, 0) is 12.1 Å². The van der Waals surface area contributed by atoms with Crippen LogP contribution in [0.3, 0.4) is 0 Å². The molecule has 0 unspecified atom stereocenters. The summed E-state index contributed by atoms with van der Waals surface area (Å²) in [6.45, 7) is 1.00. The van der Waals surface area contributed by atoms with E-state index in [0.717, 1.165) is 6.20 Å². The Morgan fingerprint density at radius 2 is 2.20 bits per heavy atom. The molecule has 0 spiro atoms. The average molecular weight is 275 g/mol. The lowest BCUT2D eigenvalue weighted by atomic mass is 10.3. The van der Waals surface area contributed by atoms with Gasteiger partial charge in [0.1, 0.15) is 11.5 Å². The maximum atomic E-state index is 12.8. The van der Waals surface area contributed by atoms with E-state index in [4.69, 9.17) is 10.3 Å². The van der Waals surface area contributed by atoms with Crippen molar-refractivity contribution in [3.63, 3.8) is 0 Å². The van der Waals surface area contributed by atoms with Crippen LogP contribution in [0.1, 0.15) is 0 Å². The van der Waals surface area contributed by atoms with E-state index in [1.54, 1.807) is 10.9 Å². The summed E-state index contributed by atoms with van der Waals surface area (Å²) in [6.07, 6.45) is 2.74. The molecule has 0 bridgehead atoms. The predicted molar refractivity (Wildman–Crippen MR) is 65.6 cm³/mol. The van der Waals surface area contributed by atoms with Crippen LogP contribution in [0, 0.1) is 5.82 Å². The van der Waals surface area contributed by atoms with Crippen molar-refractivity contribution in [3.05, 3.63) is 30.3 Å². The third kappa shape index (κ3) is 2.38. The van der Waals surface area contributed by atoms with Crippen LogP contribution >= 0.6 is 0 Å². The zero-order chi connectivity index (χ0) is 13.9. The van der Waals surface area contributed by atoms with Gasteiger partial charge < -0.3 is 10.3 Å². The monoisotopic (exact) mass is 275 g/mol. The Kier molecular flexibility index (Phi) is 3.17. The van der Waals surface area contributed by atoms with Crippen molar-refractivity contribution >= 4 is 0 Å². The minimum atomic E-state index is -0.429. The summed E-state index contributed by atoms with van der Waals surface area (Å²) in [7, 11) is 0. The van der Waals surface area contributed by atoms with Crippen molar-refractivity contribution in [2.75, 3.05) is 6.54 Å². The number of pyridine rings is 1. The van der Waals surface area contributed by atoms with Crippen molar-refractivity contribution < 1.29 is 8.91 Å². The molecule has 0 aliphatic carbocycles. The van der Waals surface area contributed by atoms with Gasteiger partial charge in [-0.1, -0.05) is 10.4 Å². The van der Waals surface area contributed by atoms with E-state index in [2.05, 4.69) is 25.4 Å². The maximum absolute atomic E-state index is 12.8. The summed E-state index contributed by atoms with van der Waals surface area (Å²) in [6, 6.07) is 2.74. The van der Waals surface area contributed by atoms with E-state index in [0.29, 0.717) is 24.5 Å². The van der Waals surface area contributed by atoms with Crippen molar-refractivity contribution in [2.24, 2.45) is 5.73 Å². The molecule has 0 aliphatic heterocycles. The van der Waals surface area contributed by atoms with Gasteiger partial charge in [0, 0.05) is 6.54 Å². The predicted octanol–water partition coefficient (Wildman–Crippen LogP) is 0.488. The van der Waals surface area contributed by atoms with Crippen LogP contribution in [0.4, 0.5) is 4.39 Å². The molecular weight excluding hydrogens is 265 g/mol. The van der Waals surface area contributed by atoms with E-state index in [1.807, 2.05) is 0 Å². The number of hydrogen-bond acceptors (Lipinski definition) is 7. The number of rotatable bonds is 4. The molecule has 3 aromatic rings. The number of halogens is 1. The second kappa shape index (κ2) is 5.13. The molecule has 3 aromatic heterocycles. The Bertz CT molecular complexity index is 706. The van der Waals surface area contributed by atoms with Crippen LogP contribution in [-0.2, 0) is 6.54 Å². The second-order valence-corrected chi connectivity index (χ2v) is 3.94. The van der Waals surface area contributed by atoms with Crippen LogP contribution in [-0.4, -0.2) is 36.7 Å². The Morgan fingerprint density at radius 1 is 1.30 bits per heavy atom. The normalized spacial score (nSPS) is 10.9. The molecule has 0 saturated carbocycles. The molecule has 0 saturated heterocycles. The molecule has 20 heavy (non-hydrogen) atoms. The van der Waals surface area contributed by atoms with Crippen molar-refractivity contribution in [1.82, 2.24) is 30.1 Å². The second-order valence-electron chi connectivity index (χ2n) is 3.94. The third-order valence-corrected chi connectivity index (χ3v) is 2.50. The first-order chi connectivity index (χ1) is 9.76. The fourth-order valence-electron chi connectivity index (χ4n) is 1.58. The zero-order valence-corrected chi connectivity index (χ0v) is 10.3. The first kappa shape index (κ1) is 12.4. The molecule has 3 heterocycles. The topological polar surface area (TPSA) is 109 Å². The lowest BCUT2D eigenvalue weighted by Gasteiger charge is -1.92. The van der Waals surface area contributed by atoms with Gasteiger partial charge in [-0.15, -0.1) is 5.10 Å². The quantitative estimate of drug-likeness (QED) is 0.737. The van der Waals surface area contributed by atoms with Crippen LogP contribution in [0.2, 0.25) is 0 Å². The van der Waals surface area contributed by atoms with Crippen LogP contribution in [0.5, 0.6) is 0 Å². The van der Waals surface area contributed by atoms with Gasteiger partial charge in [0.15, 0.2) is 5.69 Å². The van der Waals surface area contributed by atoms with E-state index >= 15 is 0 Å². The highest BCUT2D eigenvalue weighted by atomic mass is 19.1. The molecule has 9 heteroatoms. The third-order valence-electron chi connectivity index (χ3n) is 2.50. The summed E-state index contributed by atoms with van der Waals surface area (Å²) in [5.74, 6) is 0.0463. The smallest absolute Gasteiger partial charge is 0.280 e. The van der Waals surface area contributed by atoms with Crippen LogP contribution in [0.25, 0.3) is 23.1 Å². The van der Waals surface area contributed by atoms with E-state index in [1.165, 1.54) is 12.1 Å². The van der Waals surface area contributed by atoms with Gasteiger partial charge in [0.25, 0.3) is 5.89 Å².